The molecule has 4 N–H and O–H groups in total. The first-order valence-electron chi connectivity index (χ1n) is 35.5. The van der Waals surface area contributed by atoms with Gasteiger partial charge in [-0.3, -0.25) is 24.8 Å². The third-order valence-corrected chi connectivity index (χ3v) is 21.3. The van der Waals surface area contributed by atoms with Crippen molar-refractivity contribution in [2.75, 3.05) is 59.1 Å². The predicted molar refractivity (Wildman–Crippen MR) is 397 cm³/mol. The number of nitrogens with zero attached hydrogens (tertiary/aromatic N) is 9. The highest BCUT2D eigenvalue weighted by atomic mass is 32.2. The van der Waals surface area contributed by atoms with Gasteiger partial charge in [0.2, 0.25) is 11.4 Å². The van der Waals surface area contributed by atoms with Gasteiger partial charge in [-0.2, -0.15) is 20.4 Å². The van der Waals surface area contributed by atoms with Crippen LogP contribution in [-0.2, 0) is 34.7 Å². The molecule has 9 aromatic heterocycles. The predicted octanol–water partition coefficient (Wildman–Crippen LogP) is 15.5. The SMILES string of the molecule is CS(=O)(=O)Cn1cc(-c2c(C3CCOCC3)n(-c3ccc(F)cc3)c3cc4cn[nH]c4cc23)cn1.Fc1ccc(-n2c(C3CCOCC3)c(-c3ccc(OC4CCOCC4)nc3)c3cc4[nH]ncc4cc32)cc1.O=c1ccc(-c2c(C3CCOCC3)n(-c3ccc(F)cc3)c3cc4cn[nH]c4cc23)c[nH]1. The van der Waals surface area contributed by atoms with Crippen LogP contribution in [-0.4, -0.2) is 138 Å². The molecule has 15 aromatic rings. The zero-order valence-corrected chi connectivity index (χ0v) is 58.2. The lowest BCUT2D eigenvalue weighted by molar-refractivity contribution is 0.0237. The van der Waals surface area contributed by atoms with E-state index >= 15 is 0 Å². The number of benzene rings is 6. The molecule has 4 saturated heterocycles. The molecule has 4 aliphatic heterocycles. The summed E-state index contributed by atoms with van der Waals surface area (Å²) in [6.07, 6.45) is 21.0. The Kier molecular flexibility index (Phi) is 18.3. The van der Waals surface area contributed by atoms with Crippen LogP contribution >= 0.6 is 0 Å². The first-order chi connectivity index (χ1) is 51.3. The Morgan fingerprint density at radius 1 is 0.467 bits per heavy atom. The lowest BCUT2D eigenvalue weighted by Crippen LogP contribution is -2.26. The molecule has 25 heteroatoms. The summed E-state index contributed by atoms with van der Waals surface area (Å²) in [5.41, 5.74) is 17.9. The molecule has 19 rings (SSSR count). The summed E-state index contributed by atoms with van der Waals surface area (Å²) in [5, 5.41) is 32.4. The van der Waals surface area contributed by atoms with Gasteiger partial charge in [0.1, 0.15) is 29.4 Å². The molecular weight excluding hydrogens is 1360 g/mol. The number of aromatic nitrogens is 13. The second-order valence-corrected chi connectivity index (χ2v) is 29.5. The Morgan fingerprint density at radius 2 is 0.857 bits per heavy atom. The molecule has 21 nitrogen and oxygen atoms in total. The summed E-state index contributed by atoms with van der Waals surface area (Å²) in [7, 11) is -3.25. The average Bonchev–Trinajstić information content (AvgIpc) is 1.59. The van der Waals surface area contributed by atoms with Crippen molar-refractivity contribution in [1.29, 1.82) is 0 Å². The number of hydrogen-bond donors (Lipinski definition) is 4. The maximum absolute atomic E-state index is 13.9. The van der Waals surface area contributed by atoms with E-state index in [9.17, 15) is 26.4 Å². The number of nitrogens with one attached hydrogen (secondary N) is 4. The van der Waals surface area contributed by atoms with Crippen molar-refractivity contribution in [2.24, 2.45) is 0 Å². The number of hydrogen-bond acceptors (Lipinski definition) is 13. The molecule has 4 aliphatic rings. The molecule has 534 valence electrons. The molecule has 6 aromatic carbocycles. The minimum Gasteiger partial charge on any atom is -0.474 e. The topological polar surface area (TPSA) is 245 Å². The molecule has 13 heterocycles. The maximum atomic E-state index is 13.9. The number of ether oxygens (including phenoxy) is 5. The van der Waals surface area contributed by atoms with Crippen molar-refractivity contribution in [2.45, 2.75) is 81.1 Å². The quantitative estimate of drug-likeness (QED) is 0.0840. The number of H-pyrrole nitrogens is 4. The standard InChI is InChI=1S/C30H29FN4O3.C25H24FN5O3S.C25H21FN4O2/c31-22-2-4-23(5-3-22)35-27-15-21-18-33-34-26(21)16-25(27)29(30(35)19-7-11-36-12-8-19)20-1-6-28(32-17-20)38-24-9-13-37-14-10-24;1-35(32,33)15-30-14-18(13-28-30)24-21-11-22-17(12-27-29-22)10-23(21)31(20-4-2-19(26)3-5-20)25(24)16-6-8-34-9-7-16;26-18-2-4-19(5-3-18)30-22-11-17-14-28-29-21(17)12-20(22)24(16-1-6-23(31)27-13-16)25(30)15-7-9-32-10-8-15/h1-6,15-19,24H,7-14H2,(H,33,34);2-5,10-14,16H,6-9,15H2,1H3,(H,27,29);1-6,11-15H,7-10H2,(H,27,31)(H,28,29). The van der Waals surface area contributed by atoms with E-state index in [2.05, 4.69) is 96.8 Å². The molecule has 0 bridgehead atoms. The summed E-state index contributed by atoms with van der Waals surface area (Å²) in [6, 6.07) is 40.1. The van der Waals surface area contributed by atoms with E-state index in [1.54, 1.807) is 43.0 Å². The minimum atomic E-state index is -3.25. The van der Waals surface area contributed by atoms with Crippen molar-refractivity contribution in [1.82, 2.24) is 64.0 Å². The van der Waals surface area contributed by atoms with E-state index in [0.29, 0.717) is 32.3 Å². The number of fused-ring (bicyclic) bond motifs is 6. The van der Waals surface area contributed by atoms with Crippen molar-refractivity contribution in [3.8, 4) is 56.3 Å². The van der Waals surface area contributed by atoms with Gasteiger partial charge < -0.3 is 42.4 Å². The number of sulfone groups is 1. The van der Waals surface area contributed by atoms with E-state index in [4.69, 9.17) is 28.7 Å². The smallest absolute Gasteiger partial charge is 0.247 e. The molecule has 0 spiro atoms. The van der Waals surface area contributed by atoms with Crippen LogP contribution in [0.4, 0.5) is 13.2 Å². The second kappa shape index (κ2) is 28.6. The van der Waals surface area contributed by atoms with Crippen molar-refractivity contribution >= 4 is 75.3 Å². The summed E-state index contributed by atoms with van der Waals surface area (Å²) < 4.78 is 102. The lowest BCUT2D eigenvalue weighted by atomic mass is 9.90. The van der Waals surface area contributed by atoms with Crippen LogP contribution < -0.4 is 10.3 Å². The van der Waals surface area contributed by atoms with Crippen LogP contribution in [0, 0.1) is 17.5 Å². The number of halogens is 3. The highest BCUT2D eigenvalue weighted by Gasteiger charge is 2.33. The molecule has 0 amide bonds. The summed E-state index contributed by atoms with van der Waals surface area (Å²) in [6.45, 7) is 5.60. The Bertz CT molecular complexity index is 5820. The van der Waals surface area contributed by atoms with Gasteiger partial charge in [0.25, 0.3) is 0 Å². The number of aromatic amines is 4. The van der Waals surface area contributed by atoms with Gasteiger partial charge in [0.15, 0.2) is 9.84 Å². The normalized spacial score (nSPS) is 16.0. The fourth-order valence-electron chi connectivity index (χ4n) is 15.8. The van der Waals surface area contributed by atoms with Gasteiger partial charge in [0, 0.05) is 207 Å². The van der Waals surface area contributed by atoms with Crippen LogP contribution in [0.3, 0.4) is 0 Å². The van der Waals surface area contributed by atoms with Crippen LogP contribution in [0.15, 0.2) is 182 Å². The largest absolute Gasteiger partial charge is 0.474 e. The monoisotopic (exact) mass is 1430 g/mol. The highest BCUT2D eigenvalue weighted by Crippen LogP contribution is 2.48. The van der Waals surface area contributed by atoms with Gasteiger partial charge in [0.05, 0.1) is 71.1 Å². The molecule has 0 radical (unpaired) electrons. The van der Waals surface area contributed by atoms with Gasteiger partial charge in [-0.15, -0.1) is 0 Å². The van der Waals surface area contributed by atoms with Crippen molar-refractivity contribution in [3.63, 3.8) is 0 Å². The summed E-state index contributed by atoms with van der Waals surface area (Å²) in [4.78, 5) is 19.3. The summed E-state index contributed by atoms with van der Waals surface area (Å²) in [5.74, 6) is 0.372. The van der Waals surface area contributed by atoms with Crippen LogP contribution in [0.1, 0.15) is 86.2 Å². The van der Waals surface area contributed by atoms with Crippen LogP contribution in [0.2, 0.25) is 0 Å². The molecule has 4 fully saturated rings. The molecule has 0 aliphatic carbocycles. The number of pyridine rings is 2. The van der Waals surface area contributed by atoms with Crippen molar-refractivity contribution in [3.05, 3.63) is 222 Å². The Labute approximate surface area is 599 Å². The molecular formula is C80H74F3N13O8S. The molecule has 105 heavy (non-hydrogen) atoms. The van der Waals surface area contributed by atoms with Crippen LogP contribution in [0.25, 0.3) is 116 Å². The van der Waals surface area contributed by atoms with E-state index in [1.807, 2.05) is 55.0 Å². The molecule has 0 atom stereocenters. The summed E-state index contributed by atoms with van der Waals surface area (Å²) >= 11 is 0. The first kappa shape index (κ1) is 67.2. The van der Waals surface area contributed by atoms with E-state index in [1.165, 1.54) is 53.0 Å². The maximum Gasteiger partial charge on any atom is 0.247 e. The number of rotatable bonds is 13. The van der Waals surface area contributed by atoms with Gasteiger partial charge >= 0.3 is 0 Å². The highest BCUT2D eigenvalue weighted by molar-refractivity contribution is 7.89. The first-order valence-corrected chi connectivity index (χ1v) is 37.5. The zero-order chi connectivity index (χ0) is 71.3. The second-order valence-electron chi connectivity index (χ2n) is 27.4. The Morgan fingerprint density at radius 3 is 1.24 bits per heavy atom. The Hall–Kier alpha value is -11.0. The van der Waals surface area contributed by atoms with E-state index < -0.39 is 9.84 Å². The van der Waals surface area contributed by atoms with E-state index in [-0.39, 0.29) is 52.7 Å². The molecule has 0 saturated carbocycles. The van der Waals surface area contributed by atoms with Gasteiger partial charge in [-0.25, -0.2) is 26.6 Å². The van der Waals surface area contributed by atoms with Gasteiger partial charge in [-0.1, -0.05) is 0 Å². The minimum absolute atomic E-state index is 0.133. The third-order valence-electron chi connectivity index (χ3n) is 20.6. The lowest BCUT2D eigenvalue weighted by Gasteiger charge is -2.26. The van der Waals surface area contributed by atoms with Crippen molar-refractivity contribution < 1.29 is 45.3 Å². The Balaban J connectivity index is 0.000000117. The molecule has 0 unspecified atom stereocenters. The zero-order valence-electron chi connectivity index (χ0n) is 57.4. The van der Waals surface area contributed by atoms with E-state index in [0.717, 1.165) is 205 Å². The average molecular weight is 1430 g/mol. The fourth-order valence-corrected chi connectivity index (χ4v) is 16.4. The third kappa shape index (κ3) is 13.5. The fraction of sp³-hybridized carbons (Fsp3) is 0.275. The van der Waals surface area contributed by atoms with Gasteiger partial charge in [-0.05, 0) is 160 Å². The van der Waals surface area contributed by atoms with Crippen LogP contribution in [0.5, 0.6) is 5.88 Å².